The number of para-hydroxylation sites is 2. The van der Waals surface area contributed by atoms with Crippen LogP contribution >= 0.6 is 0 Å². The Morgan fingerprint density at radius 1 is 1.04 bits per heavy atom. The van der Waals surface area contributed by atoms with Crippen LogP contribution in [0.25, 0.3) is 21.8 Å². The summed E-state index contributed by atoms with van der Waals surface area (Å²) in [6.07, 6.45) is 0. The van der Waals surface area contributed by atoms with Crippen LogP contribution in [0.15, 0.2) is 54.6 Å². The number of benzene rings is 2. The Labute approximate surface area is 131 Å². The molecule has 0 saturated heterocycles. The Bertz CT molecular complexity index is 1100. The number of nitrogens with zero attached hydrogens (tertiary/aromatic N) is 1. The first-order valence-corrected chi connectivity index (χ1v) is 7.48. The van der Waals surface area contributed by atoms with Crippen LogP contribution in [-0.4, -0.2) is 15.8 Å². The van der Waals surface area contributed by atoms with Gasteiger partial charge in [-0.05, 0) is 24.3 Å². The van der Waals surface area contributed by atoms with E-state index >= 15 is 0 Å². The van der Waals surface area contributed by atoms with Crippen LogP contribution in [0.2, 0.25) is 0 Å². The number of H-pyrrole nitrogens is 1. The fourth-order valence-electron chi connectivity index (χ4n) is 3.16. The number of aromatic nitrogens is 2. The molecule has 3 heterocycles. The molecule has 23 heavy (non-hydrogen) atoms. The minimum absolute atomic E-state index is 0.0676. The monoisotopic (exact) mass is 300 g/mol. The molecular weight excluding hydrogens is 288 g/mol. The third-order valence-corrected chi connectivity index (χ3v) is 4.29. The number of fused-ring (bicyclic) bond motifs is 5. The van der Waals surface area contributed by atoms with Crippen LogP contribution in [-0.2, 0) is 6.61 Å². The van der Waals surface area contributed by atoms with Crippen LogP contribution in [0.5, 0.6) is 5.75 Å². The Morgan fingerprint density at radius 3 is 2.83 bits per heavy atom. The minimum atomic E-state index is -0.0676. The molecule has 0 unspecified atom stereocenters. The molecule has 4 aromatic rings. The van der Waals surface area contributed by atoms with E-state index in [1.165, 1.54) is 0 Å². The highest BCUT2D eigenvalue weighted by Gasteiger charge is 2.27. The molecule has 4 nitrogen and oxygen atoms in total. The lowest BCUT2D eigenvalue weighted by molar-refractivity contribution is 0.103. The molecule has 2 aromatic carbocycles. The van der Waals surface area contributed by atoms with E-state index in [4.69, 9.17) is 4.74 Å². The van der Waals surface area contributed by atoms with Crippen molar-refractivity contribution in [2.24, 2.45) is 0 Å². The van der Waals surface area contributed by atoms with Crippen molar-refractivity contribution in [1.29, 1.82) is 0 Å². The number of hydrogen-bond acceptors (Lipinski definition) is 3. The van der Waals surface area contributed by atoms with Gasteiger partial charge in [-0.3, -0.25) is 4.79 Å². The Hall–Kier alpha value is -3.14. The smallest absolute Gasteiger partial charge is 0.215 e. The van der Waals surface area contributed by atoms with Gasteiger partial charge in [-0.25, -0.2) is 4.98 Å². The lowest BCUT2D eigenvalue weighted by atomic mass is 10.0. The molecular formula is C19H12N2O2. The number of ketones is 1. The van der Waals surface area contributed by atoms with E-state index in [1.807, 2.05) is 54.6 Å². The minimum Gasteiger partial charge on any atom is -0.484 e. The zero-order valence-electron chi connectivity index (χ0n) is 12.2. The summed E-state index contributed by atoms with van der Waals surface area (Å²) >= 11 is 0. The van der Waals surface area contributed by atoms with Crippen molar-refractivity contribution in [3.63, 3.8) is 0 Å². The van der Waals surface area contributed by atoms with Gasteiger partial charge in [0, 0.05) is 21.9 Å². The summed E-state index contributed by atoms with van der Waals surface area (Å²) in [6, 6.07) is 17.5. The van der Waals surface area contributed by atoms with Gasteiger partial charge in [0.2, 0.25) is 5.78 Å². The van der Waals surface area contributed by atoms with Gasteiger partial charge in [0.15, 0.2) is 5.75 Å². The summed E-state index contributed by atoms with van der Waals surface area (Å²) in [5, 5.41) is 1.88. The topological polar surface area (TPSA) is 55.0 Å². The summed E-state index contributed by atoms with van der Waals surface area (Å²) in [5.41, 5.74) is 3.57. The quantitative estimate of drug-likeness (QED) is 0.537. The molecule has 0 fully saturated rings. The van der Waals surface area contributed by atoms with Crippen molar-refractivity contribution in [3.8, 4) is 5.75 Å². The highest BCUT2D eigenvalue weighted by molar-refractivity contribution is 6.15. The Kier molecular flexibility index (Phi) is 2.39. The second-order valence-electron chi connectivity index (χ2n) is 5.67. The maximum Gasteiger partial charge on any atom is 0.215 e. The fraction of sp³-hybridized carbons (Fsp3) is 0.0526. The number of nitrogens with one attached hydrogen (secondary N) is 1. The zero-order chi connectivity index (χ0) is 15.4. The van der Waals surface area contributed by atoms with Crippen molar-refractivity contribution >= 4 is 27.6 Å². The number of carbonyl (C=O) groups is 1. The van der Waals surface area contributed by atoms with E-state index in [9.17, 15) is 4.79 Å². The number of aromatic amines is 1. The standard InChI is InChI=1S/C19H12N2O2/c22-18-13-9-11-5-1-3-7-14(11)20-16(13)10-23-19-12-6-2-4-8-15(12)21-17(18)19/h1-9,21H,10H2. The molecule has 1 aliphatic heterocycles. The van der Waals surface area contributed by atoms with Gasteiger partial charge in [0.1, 0.15) is 12.3 Å². The molecule has 0 saturated carbocycles. The van der Waals surface area contributed by atoms with Crippen LogP contribution in [0.4, 0.5) is 0 Å². The molecule has 5 rings (SSSR count). The predicted molar refractivity (Wildman–Crippen MR) is 87.8 cm³/mol. The molecule has 1 N–H and O–H groups in total. The van der Waals surface area contributed by atoms with Gasteiger partial charge >= 0.3 is 0 Å². The SMILES string of the molecule is O=C1c2cc3ccccc3nc2COc2c1[nH]c1ccccc21. The fourth-order valence-corrected chi connectivity index (χ4v) is 3.16. The van der Waals surface area contributed by atoms with E-state index in [0.717, 1.165) is 21.8 Å². The molecule has 110 valence electrons. The number of carbonyl (C=O) groups excluding carboxylic acids is 1. The van der Waals surface area contributed by atoms with Crippen molar-refractivity contribution in [1.82, 2.24) is 9.97 Å². The molecule has 2 aromatic heterocycles. The molecule has 0 bridgehead atoms. The third kappa shape index (κ3) is 1.72. The zero-order valence-corrected chi connectivity index (χ0v) is 12.2. The summed E-state index contributed by atoms with van der Waals surface area (Å²) in [5.74, 6) is 0.551. The van der Waals surface area contributed by atoms with E-state index in [1.54, 1.807) is 0 Å². The summed E-state index contributed by atoms with van der Waals surface area (Å²) in [4.78, 5) is 20.8. The Balaban J connectivity index is 1.79. The second-order valence-corrected chi connectivity index (χ2v) is 5.67. The molecule has 0 atom stereocenters. The van der Waals surface area contributed by atoms with Crippen LogP contribution < -0.4 is 4.74 Å². The molecule has 0 spiro atoms. The highest BCUT2D eigenvalue weighted by Crippen LogP contribution is 2.35. The molecule has 0 aliphatic carbocycles. The van der Waals surface area contributed by atoms with Gasteiger partial charge in [-0.15, -0.1) is 0 Å². The number of hydrogen-bond donors (Lipinski definition) is 1. The van der Waals surface area contributed by atoms with Gasteiger partial charge in [-0.2, -0.15) is 0 Å². The van der Waals surface area contributed by atoms with Crippen molar-refractivity contribution in [3.05, 3.63) is 71.5 Å². The number of pyridine rings is 1. The van der Waals surface area contributed by atoms with E-state index < -0.39 is 0 Å². The first kappa shape index (κ1) is 12.4. The second kappa shape index (κ2) is 4.43. The van der Waals surface area contributed by atoms with E-state index in [-0.39, 0.29) is 5.78 Å². The maximum atomic E-state index is 13.0. The van der Waals surface area contributed by atoms with Crippen LogP contribution in [0.1, 0.15) is 21.7 Å². The molecule has 0 amide bonds. The molecule has 0 radical (unpaired) electrons. The average molecular weight is 300 g/mol. The van der Waals surface area contributed by atoms with Gasteiger partial charge in [-0.1, -0.05) is 30.3 Å². The largest absolute Gasteiger partial charge is 0.484 e. The first-order chi connectivity index (χ1) is 11.3. The summed E-state index contributed by atoms with van der Waals surface area (Å²) < 4.78 is 5.93. The average Bonchev–Trinajstić information content (AvgIpc) is 2.91. The van der Waals surface area contributed by atoms with Crippen molar-refractivity contribution < 1.29 is 9.53 Å². The summed E-state index contributed by atoms with van der Waals surface area (Å²) in [7, 11) is 0. The summed E-state index contributed by atoms with van der Waals surface area (Å²) in [6.45, 7) is 0.292. The Morgan fingerprint density at radius 2 is 1.87 bits per heavy atom. The lowest BCUT2D eigenvalue weighted by Crippen LogP contribution is -2.06. The first-order valence-electron chi connectivity index (χ1n) is 7.48. The normalized spacial score (nSPS) is 13.5. The number of rotatable bonds is 0. The molecule has 4 heteroatoms. The van der Waals surface area contributed by atoms with Gasteiger partial charge < -0.3 is 9.72 Å². The van der Waals surface area contributed by atoms with E-state index in [0.29, 0.717) is 29.3 Å². The van der Waals surface area contributed by atoms with Crippen LogP contribution in [0.3, 0.4) is 0 Å². The van der Waals surface area contributed by atoms with Crippen molar-refractivity contribution in [2.45, 2.75) is 6.61 Å². The van der Waals surface area contributed by atoms with Gasteiger partial charge in [0.25, 0.3) is 0 Å². The van der Waals surface area contributed by atoms with Gasteiger partial charge in [0.05, 0.1) is 11.2 Å². The lowest BCUT2D eigenvalue weighted by Gasteiger charge is -2.06. The van der Waals surface area contributed by atoms with Crippen LogP contribution in [0, 0.1) is 0 Å². The predicted octanol–water partition coefficient (Wildman–Crippen LogP) is 3.84. The third-order valence-electron chi connectivity index (χ3n) is 4.29. The van der Waals surface area contributed by atoms with E-state index in [2.05, 4.69) is 9.97 Å². The maximum absolute atomic E-state index is 13.0. The highest BCUT2D eigenvalue weighted by atomic mass is 16.5. The molecule has 1 aliphatic rings. The van der Waals surface area contributed by atoms with Crippen molar-refractivity contribution in [2.75, 3.05) is 0 Å². The number of ether oxygens (including phenoxy) is 1.